The highest BCUT2D eigenvalue weighted by Crippen LogP contribution is 2.28. The summed E-state index contributed by atoms with van der Waals surface area (Å²) >= 11 is 0. The number of benzene rings is 2. The van der Waals surface area contributed by atoms with Crippen LogP contribution < -0.4 is 9.47 Å². The lowest BCUT2D eigenvalue weighted by Crippen LogP contribution is -2.32. The van der Waals surface area contributed by atoms with E-state index in [1.165, 1.54) is 5.56 Å². The van der Waals surface area contributed by atoms with Crippen molar-refractivity contribution in [2.75, 3.05) is 20.8 Å². The van der Waals surface area contributed by atoms with Crippen molar-refractivity contribution in [3.05, 3.63) is 89.7 Å². The Hall–Kier alpha value is -3.34. The van der Waals surface area contributed by atoms with Crippen LogP contribution in [0.1, 0.15) is 21.6 Å². The van der Waals surface area contributed by atoms with Gasteiger partial charge in [0.1, 0.15) is 0 Å². The van der Waals surface area contributed by atoms with Crippen LogP contribution in [-0.2, 0) is 13.0 Å². The molecular formula is C23H24N2O3. The van der Waals surface area contributed by atoms with Gasteiger partial charge in [0.05, 0.1) is 26.5 Å². The number of nitrogens with zero attached hydrogens (tertiary/aromatic N) is 2. The van der Waals surface area contributed by atoms with E-state index in [-0.39, 0.29) is 5.91 Å². The molecule has 3 aromatic rings. The fourth-order valence-corrected chi connectivity index (χ4v) is 3.00. The molecule has 0 atom stereocenters. The number of hydrogen-bond donors (Lipinski definition) is 0. The molecule has 0 aliphatic carbocycles. The quantitative estimate of drug-likeness (QED) is 0.597. The highest BCUT2D eigenvalue weighted by Gasteiger charge is 2.18. The van der Waals surface area contributed by atoms with E-state index in [2.05, 4.69) is 17.1 Å². The summed E-state index contributed by atoms with van der Waals surface area (Å²) in [5.74, 6) is 1.07. The van der Waals surface area contributed by atoms with Crippen LogP contribution >= 0.6 is 0 Å². The summed E-state index contributed by atoms with van der Waals surface area (Å²) in [6.07, 6.45) is 2.51. The van der Waals surface area contributed by atoms with Gasteiger partial charge in [0.2, 0.25) is 0 Å². The minimum absolute atomic E-state index is 0.0671. The number of carbonyl (C=O) groups excluding carboxylic acids is 1. The van der Waals surface area contributed by atoms with E-state index >= 15 is 0 Å². The van der Waals surface area contributed by atoms with E-state index in [0.29, 0.717) is 30.2 Å². The lowest BCUT2D eigenvalue weighted by atomic mass is 10.1. The van der Waals surface area contributed by atoms with Crippen LogP contribution in [0.4, 0.5) is 0 Å². The van der Waals surface area contributed by atoms with Crippen LogP contribution in [0.3, 0.4) is 0 Å². The Bertz CT molecular complexity index is 898. The molecule has 0 saturated heterocycles. The molecule has 0 N–H and O–H groups in total. The Balaban J connectivity index is 1.83. The number of methoxy groups -OCH3 is 2. The second-order valence-electron chi connectivity index (χ2n) is 6.35. The highest BCUT2D eigenvalue weighted by molar-refractivity contribution is 5.95. The SMILES string of the molecule is COc1ccc(C(=O)N(CCc2ccccc2)Cc2ccccn2)cc1OC. The molecule has 5 heteroatoms. The van der Waals surface area contributed by atoms with Gasteiger partial charge in [0.15, 0.2) is 11.5 Å². The van der Waals surface area contributed by atoms with Crippen LogP contribution in [0.2, 0.25) is 0 Å². The first-order valence-corrected chi connectivity index (χ1v) is 9.16. The Kier molecular flexibility index (Phi) is 6.63. The van der Waals surface area contributed by atoms with Gasteiger partial charge in [-0.3, -0.25) is 9.78 Å². The van der Waals surface area contributed by atoms with Crippen molar-refractivity contribution in [2.45, 2.75) is 13.0 Å². The van der Waals surface area contributed by atoms with Gasteiger partial charge in [-0.05, 0) is 42.3 Å². The summed E-state index contributed by atoms with van der Waals surface area (Å²) in [4.78, 5) is 19.4. The molecule has 0 unspecified atom stereocenters. The molecule has 1 heterocycles. The largest absolute Gasteiger partial charge is 0.493 e. The molecule has 0 fully saturated rings. The maximum Gasteiger partial charge on any atom is 0.254 e. The van der Waals surface area contributed by atoms with Gasteiger partial charge in [-0.1, -0.05) is 36.4 Å². The molecule has 0 radical (unpaired) electrons. The maximum atomic E-state index is 13.2. The lowest BCUT2D eigenvalue weighted by Gasteiger charge is -2.23. The van der Waals surface area contributed by atoms with E-state index < -0.39 is 0 Å². The van der Waals surface area contributed by atoms with Crippen LogP contribution in [0.15, 0.2) is 72.9 Å². The molecular weight excluding hydrogens is 352 g/mol. The average Bonchev–Trinajstić information content (AvgIpc) is 2.77. The fourth-order valence-electron chi connectivity index (χ4n) is 3.00. The summed E-state index contributed by atoms with van der Waals surface area (Å²) in [7, 11) is 3.14. The predicted molar refractivity (Wildman–Crippen MR) is 109 cm³/mol. The van der Waals surface area contributed by atoms with Crippen molar-refractivity contribution in [2.24, 2.45) is 0 Å². The fraction of sp³-hybridized carbons (Fsp3) is 0.217. The first-order valence-electron chi connectivity index (χ1n) is 9.16. The number of pyridine rings is 1. The smallest absolute Gasteiger partial charge is 0.254 e. The van der Waals surface area contributed by atoms with Crippen LogP contribution in [-0.4, -0.2) is 36.6 Å². The highest BCUT2D eigenvalue weighted by atomic mass is 16.5. The maximum absolute atomic E-state index is 13.2. The Labute approximate surface area is 165 Å². The first kappa shape index (κ1) is 19.4. The van der Waals surface area contributed by atoms with E-state index in [9.17, 15) is 4.79 Å². The zero-order valence-corrected chi connectivity index (χ0v) is 16.2. The normalized spacial score (nSPS) is 10.4. The zero-order chi connectivity index (χ0) is 19.8. The topological polar surface area (TPSA) is 51.7 Å². The predicted octanol–water partition coefficient (Wildman–Crippen LogP) is 3.98. The van der Waals surface area contributed by atoms with Crippen molar-refractivity contribution in [3.8, 4) is 11.5 Å². The molecule has 0 aliphatic rings. The lowest BCUT2D eigenvalue weighted by molar-refractivity contribution is 0.0742. The van der Waals surface area contributed by atoms with E-state index in [4.69, 9.17) is 9.47 Å². The molecule has 0 saturated carbocycles. The van der Waals surface area contributed by atoms with E-state index in [0.717, 1.165) is 12.1 Å². The third-order valence-electron chi connectivity index (χ3n) is 4.51. The summed E-state index contributed by atoms with van der Waals surface area (Å²) < 4.78 is 10.6. The Morgan fingerprint density at radius 3 is 2.36 bits per heavy atom. The second kappa shape index (κ2) is 9.55. The van der Waals surface area contributed by atoms with Gasteiger partial charge in [-0.2, -0.15) is 0 Å². The van der Waals surface area contributed by atoms with Crippen LogP contribution in [0.25, 0.3) is 0 Å². The number of carbonyl (C=O) groups is 1. The standard InChI is InChI=1S/C23H24N2O3/c1-27-21-12-11-19(16-22(21)28-2)23(26)25(17-20-10-6-7-14-24-20)15-13-18-8-4-3-5-9-18/h3-12,14,16H,13,15,17H2,1-2H3. The number of ether oxygens (including phenoxy) is 2. The zero-order valence-electron chi connectivity index (χ0n) is 16.2. The average molecular weight is 376 g/mol. The van der Waals surface area contributed by atoms with Crippen molar-refractivity contribution in [1.82, 2.24) is 9.88 Å². The Morgan fingerprint density at radius 1 is 0.929 bits per heavy atom. The monoisotopic (exact) mass is 376 g/mol. The van der Waals surface area contributed by atoms with E-state index in [1.807, 2.05) is 41.3 Å². The van der Waals surface area contributed by atoms with Crippen molar-refractivity contribution in [3.63, 3.8) is 0 Å². The molecule has 3 rings (SSSR count). The minimum Gasteiger partial charge on any atom is -0.493 e. The van der Waals surface area contributed by atoms with Gasteiger partial charge >= 0.3 is 0 Å². The molecule has 2 aromatic carbocycles. The van der Waals surface area contributed by atoms with Crippen molar-refractivity contribution in [1.29, 1.82) is 0 Å². The van der Waals surface area contributed by atoms with Gasteiger partial charge in [-0.25, -0.2) is 0 Å². The molecule has 144 valence electrons. The number of amides is 1. The molecule has 0 spiro atoms. The molecule has 1 aromatic heterocycles. The Morgan fingerprint density at radius 2 is 1.68 bits per heavy atom. The van der Waals surface area contributed by atoms with Gasteiger partial charge in [-0.15, -0.1) is 0 Å². The van der Waals surface area contributed by atoms with Crippen LogP contribution in [0, 0.1) is 0 Å². The second-order valence-corrected chi connectivity index (χ2v) is 6.35. The third kappa shape index (κ3) is 4.88. The van der Waals surface area contributed by atoms with Gasteiger partial charge < -0.3 is 14.4 Å². The number of aromatic nitrogens is 1. The van der Waals surface area contributed by atoms with Crippen molar-refractivity contribution < 1.29 is 14.3 Å². The minimum atomic E-state index is -0.0671. The molecule has 0 aliphatic heterocycles. The third-order valence-corrected chi connectivity index (χ3v) is 4.51. The van der Waals surface area contributed by atoms with Crippen molar-refractivity contribution >= 4 is 5.91 Å². The number of rotatable bonds is 8. The summed E-state index contributed by atoms with van der Waals surface area (Å²) in [6, 6.07) is 21.1. The van der Waals surface area contributed by atoms with Gasteiger partial charge in [0.25, 0.3) is 5.91 Å². The summed E-state index contributed by atoms with van der Waals surface area (Å²) in [6.45, 7) is 1.04. The molecule has 28 heavy (non-hydrogen) atoms. The van der Waals surface area contributed by atoms with Crippen LogP contribution in [0.5, 0.6) is 11.5 Å². The molecule has 5 nitrogen and oxygen atoms in total. The number of hydrogen-bond acceptors (Lipinski definition) is 4. The van der Waals surface area contributed by atoms with Gasteiger partial charge in [0, 0.05) is 18.3 Å². The summed E-state index contributed by atoms with van der Waals surface area (Å²) in [5.41, 5.74) is 2.60. The molecule has 0 bridgehead atoms. The first-order chi connectivity index (χ1) is 13.7. The summed E-state index contributed by atoms with van der Waals surface area (Å²) in [5, 5.41) is 0. The molecule has 1 amide bonds. The van der Waals surface area contributed by atoms with E-state index in [1.54, 1.807) is 38.6 Å².